The third kappa shape index (κ3) is 8.61. The number of aromatic amines is 1. The van der Waals surface area contributed by atoms with Gasteiger partial charge in [0.25, 0.3) is 0 Å². The molecule has 0 radical (unpaired) electrons. The van der Waals surface area contributed by atoms with Crippen LogP contribution in [-0.4, -0.2) is 86.3 Å². The molecule has 0 saturated carbocycles. The van der Waals surface area contributed by atoms with Gasteiger partial charge in [-0.05, 0) is 0 Å². The third-order valence-corrected chi connectivity index (χ3v) is 4.37. The summed E-state index contributed by atoms with van der Waals surface area (Å²) in [5.74, 6) is -5.07. The standard InChI is InChI=1S/C16H25N7O7S/c17-8(5-31)13(26)23-11(4-24)15(28)21-9(1-7-3-19-6-20-7)14(27)22-10(16(29)30)2-12(18)25/h3,6,8-11,24,31H,1-2,4-5,17H2,(H2,18,25)(H,19,20)(H,21,28)(H,22,27)(H,23,26)(H,29,30). The highest BCUT2D eigenvalue weighted by Gasteiger charge is 2.31. The number of carboxylic acids is 1. The van der Waals surface area contributed by atoms with Crippen molar-refractivity contribution in [3.05, 3.63) is 18.2 Å². The Morgan fingerprint density at radius 3 is 2.13 bits per heavy atom. The fourth-order valence-electron chi connectivity index (χ4n) is 2.33. The number of aliphatic carboxylic acids is 1. The van der Waals surface area contributed by atoms with Crippen LogP contribution in [0.15, 0.2) is 12.5 Å². The maximum absolute atomic E-state index is 12.6. The van der Waals surface area contributed by atoms with Gasteiger partial charge in [-0.2, -0.15) is 12.6 Å². The Labute approximate surface area is 181 Å². The quantitative estimate of drug-likeness (QED) is 0.129. The number of hydrogen-bond donors (Lipinski definition) is 9. The van der Waals surface area contributed by atoms with Crippen molar-refractivity contribution in [2.75, 3.05) is 12.4 Å². The molecular formula is C16H25N7O7S. The lowest BCUT2D eigenvalue weighted by Gasteiger charge is -2.24. The van der Waals surface area contributed by atoms with E-state index in [9.17, 15) is 29.1 Å². The monoisotopic (exact) mass is 459 g/mol. The highest BCUT2D eigenvalue weighted by atomic mass is 32.1. The van der Waals surface area contributed by atoms with E-state index in [1.807, 2.05) is 0 Å². The largest absolute Gasteiger partial charge is 0.480 e. The summed E-state index contributed by atoms with van der Waals surface area (Å²) in [4.78, 5) is 65.9. The molecular weight excluding hydrogens is 434 g/mol. The van der Waals surface area contributed by atoms with Gasteiger partial charge in [0.1, 0.15) is 18.1 Å². The van der Waals surface area contributed by atoms with Gasteiger partial charge in [0, 0.05) is 24.1 Å². The number of carbonyl (C=O) groups excluding carboxylic acids is 4. The summed E-state index contributed by atoms with van der Waals surface area (Å²) < 4.78 is 0. The van der Waals surface area contributed by atoms with Gasteiger partial charge >= 0.3 is 5.97 Å². The van der Waals surface area contributed by atoms with E-state index in [1.54, 1.807) is 0 Å². The number of H-pyrrole nitrogens is 1. The number of aromatic nitrogens is 2. The molecule has 1 aromatic rings. The van der Waals surface area contributed by atoms with Crippen LogP contribution in [0.4, 0.5) is 0 Å². The first-order valence-electron chi connectivity index (χ1n) is 8.95. The number of hydrogen-bond acceptors (Lipinski definition) is 9. The molecule has 10 N–H and O–H groups in total. The Morgan fingerprint density at radius 2 is 1.65 bits per heavy atom. The summed E-state index contributed by atoms with van der Waals surface area (Å²) >= 11 is 3.87. The molecule has 4 unspecified atom stereocenters. The molecule has 0 fully saturated rings. The number of nitrogens with zero attached hydrogens (tertiary/aromatic N) is 1. The number of nitrogens with two attached hydrogens (primary N) is 2. The molecule has 0 spiro atoms. The van der Waals surface area contributed by atoms with E-state index in [4.69, 9.17) is 16.6 Å². The van der Waals surface area contributed by atoms with E-state index in [0.29, 0.717) is 5.69 Å². The van der Waals surface area contributed by atoms with Gasteiger partial charge in [0.2, 0.25) is 23.6 Å². The van der Waals surface area contributed by atoms with Crippen molar-refractivity contribution in [1.82, 2.24) is 25.9 Å². The minimum atomic E-state index is -1.62. The van der Waals surface area contributed by atoms with Gasteiger partial charge in [0.15, 0.2) is 0 Å². The highest BCUT2D eigenvalue weighted by Crippen LogP contribution is 2.02. The summed E-state index contributed by atoms with van der Waals surface area (Å²) in [6, 6.07) is -5.42. The molecule has 15 heteroatoms. The number of amides is 4. The number of aliphatic hydroxyl groups is 1. The second-order valence-electron chi connectivity index (χ2n) is 6.44. The van der Waals surface area contributed by atoms with E-state index in [2.05, 4.69) is 38.5 Å². The molecule has 1 heterocycles. The lowest BCUT2D eigenvalue weighted by atomic mass is 10.1. The fourth-order valence-corrected chi connectivity index (χ4v) is 2.49. The first-order chi connectivity index (χ1) is 14.6. The van der Waals surface area contributed by atoms with Crippen molar-refractivity contribution in [3.8, 4) is 0 Å². The summed E-state index contributed by atoms with van der Waals surface area (Å²) in [5, 5.41) is 25.3. The number of carbonyl (C=O) groups is 5. The minimum absolute atomic E-state index is 0.00705. The summed E-state index contributed by atoms with van der Waals surface area (Å²) in [5.41, 5.74) is 10.9. The molecule has 31 heavy (non-hydrogen) atoms. The maximum atomic E-state index is 12.6. The lowest BCUT2D eigenvalue weighted by molar-refractivity contribution is -0.143. The summed E-state index contributed by atoms with van der Waals surface area (Å²) in [7, 11) is 0. The van der Waals surface area contributed by atoms with E-state index in [-0.39, 0.29) is 12.2 Å². The van der Waals surface area contributed by atoms with Gasteiger partial charge in [0.05, 0.1) is 25.4 Å². The van der Waals surface area contributed by atoms with Crippen LogP contribution in [0, 0.1) is 0 Å². The fraction of sp³-hybridized carbons (Fsp3) is 0.500. The van der Waals surface area contributed by atoms with Crippen molar-refractivity contribution >= 4 is 42.2 Å². The lowest BCUT2D eigenvalue weighted by Crippen LogP contribution is -2.58. The Morgan fingerprint density at radius 1 is 1.06 bits per heavy atom. The zero-order valence-electron chi connectivity index (χ0n) is 16.3. The Kier molecular flexibility index (Phi) is 10.4. The molecule has 4 atom stereocenters. The van der Waals surface area contributed by atoms with Crippen molar-refractivity contribution in [2.24, 2.45) is 11.5 Å². The van der Waals surface area contributed by atoms with Crippen LogP contribution in [0.2, 0.25) is 0 Å². The smallest absolute Gasteiger partial charge is 0.326 e. The second-order valence-corrected chi connectivity index (χ2v) is 6.81. The topological polar surface area (TPSA) is 243 Å². The van der Waals surface area contributed by atoms with Crippen LogP contribution in [0.5, 0.6) is 0 Å². The van der Waals surface area contributed by atoms with Crippen LogP contribution in [-0.2, 0) is 30.4 Å². The molecule has 0 aliphatic heterocycles. The third-order valence-electron chi connectivity index (χ3n) is 3.98. The molecule has 0 aliphatic carbocycles. The van der Waals surface area contributed by atoms with Crippen LogP contribution < -0.4 is 27.4 Å². The van der Waals surface area contributed by atoms with Gasteiger partial charge < -0.3 is 42.6 Å². The van der Waals surface area contributed by atoms with Gasteiger partial charge in [-0.25, -0.2) is 9.78 Å². The van der Waals surface area contributed by atoms with Crippen LogP contribution in [0.3, 0.4) is 0 Å². The van der Waals surface area contributed by atoms with Crippen LogP contribution in [0.25, 0.3) is 0 Å². The molecule has 0 saturated heterocycles. The normalized spacial score (nSPS) is 14.5. The minimum Gasteiger partial charge on any atom is -0.480 e. The number of thiol groups is 1. The average Bonchev–Trinajstić information content (AvgIpc) is 3.22. The Balaban J connectivity index is 2.97. The van der Waals surface area contributed by atoms with Gasteiger partial charge in [-0.1, -0.05) is 0 Å². The molecule has 0 aliphatic rings. The SMILES string of the molecule is NC(=O)CC(NC(=O)C(Cc1cnc[nH]1)NC(=O)C(CO)NC(=O)C(N)CS)C(=O)O. The molecule has 4 amide bonds. The van der Waals surface area contributed by atoms with Crippen molar-refractivity contribution in [1.29, 1.82) is 0 Å². The predicted octanol–water partition coefficient (Wildman–Crippen LogP) is -4.38. The first-order valence-corrected chi connectivity index (χ1v) is 9.59. The number of rotatable bonds is 13. The Hall–Kier alpha value is -3.17. The first kappa shape index (κ1) is 25.9. The second kappa shape index (κ2) is 12.5. The number of aliphatic hydroxyl groups excluding tert-OH is 1. The van der Waals surface area contributed by atoms with E-state index in [1.165, 1.54) is 12.5 Å². The van der Waals surface area contributed by atoms with Gasteiger partial charge in [-0.3, -0.25) is 19.2 Å². The molecule has 172 valence electrons. The number of primary amides is 1. The molecule has 1 aromatic heterocycles. The maximum Gasteiger partial charge on any atom is 0.326 e. The van der Waals surface area contributed by atoms with Gasteiger partial charge in [-0.15, -0.1) is 0 Å². The summed E-state index contributed by atoms with van der Waals surface area (Å²) in [6.07, 6.45) is 1.90. The van der Waals surface area contributed by atoms with E-state index >= 15 is 0 Å². The molecule has 1 rings (SSSR count). The molecule has 14 nitrogen and oxygen atoms in total. The average molecular weight is 459 g/mol. The number of carboxylic acid groups (broad SMARTS) is 1. The molecule has 0 bridgehead atoms. The number of imidazole rings is 1. The van der Waals surface area contributed by atoms with E-state index < -0.39 is 66.8 Å². The van der Waals surface area contributed by atoms with E-state index in [0.717, 1.165) is 0 Å². The Bertz CT molecular complexity index is 789. The van der Waals surface area contributed by atoms with Crippen LogP contribution in [0.1, 0.15) is 12.1 Å². The number of nitrogens with one attached hydrogen (secondary N) is 4. The zero-order chi connectivity index (χ0) is 23.6. The van der Waals surface area contributed by atoms with Crippen LogP contribution >= 0.6 is 12.6 Å². The predicted molar refractivity (Wildman–Crippen MR) is 108 cm³/mol. The summed E-state index contributed by atoms with van der Waals surface area (Å²) in [6.45, 7) is -0.797. The molecule has 0 aromatic carbocycles. The van der Waals surface area contributed by atoms with Crippen molar-refractivity contribution in [2.45, 2.75) is 37.0 Å². The zero-order valence-corrected chi connectivity index (χ0v) is 17.2. The highest BCUT2D eigenvalue weighted by molar-refractivity contribution is 7.80. The van der Waals surface area contributed by atoms with Crippen molar-refractivity contribution < 1.29 is 34.2 Å². The van der Waals surface area contributed by atoms with Crippen molar-refractivity contribution in [3.63, 3.8) is 0 Å².